The number of nitrogen functional groups attached to an aromatic ring is 1. The molecule has 0 spiro atoms. The minimum atomic E-state index is -0.815. The van der Waals surface area contributed by atoms with Crippen molar-refractivity contribution >= 4 is 23.1 Å². The van der Waals surface area contributed by atoms with E-state index in [1.807, 2.05) is 61.5 Å². The number of anilines is 3. The first-order chi connectivity index (χ1) is 18.9. The van der Waals surface area contributed by atoms with Crippen LogP contribution in [0.5, 0.6) is 0 Å². The highest BCUT2D eigenvalue weighted by Crippen LogP contribution is 2.26. The Hall–Kier alpha value is -4.30. The molecule has 0 aliphatic carbocycles. The summed E-state index contributed by atoms with van der Waals surface area (Å²) in [5, 5.41) is 2.94. The van der Waals surface area contributed by atoms with Crippen molar-refractivity contribution in [3.63, 3.8) is 0 Å². The van der Waals surface area contributed by atoms with Crippen LogP contribution in [0, 0.1) is 18.6 Å². The molecule has 39 heavy (non-hydrogen) atoms. The summed E-state index contributed by atoms with van der Waals surface area (Å²) in [6.07, 6.45) is 2.54. The van der Waals surface area contributed by atoms with Gasteiger partial charge < -0.3 is 16.0 Å². The lowest BCUT2D eigenvalue weighted by Crippen LogP contribution is -2.31. The van der Waals surface area contributed by atoms with Gasteiger partial charge in [0.1, 0.15) is 5.82 Å². The van der Waals surface area contributed by atoms with Crippen LogP contribution in [0.1, 0.15) is 27.9 Å². The van der Waals surface area contributed by atoms with E-state index in [2.05, 4.69) is 20.1 Å². The monoisotopic (exact) mass is 527 g/mol. The predicted octanol–water partition coefficient (Wildman–Crippen LogP) is 5.88. The van der Waals surface area contributed by atoms with Crippen LogP contribution >= 0.6 is 0 Å². The van der Waals surface area contributed by atoms with Gasteiger partial charge in [0.05, 0.1) is 11.9 Å². The first-order valence-electron chi connectivity index (χ1n) is 13.0. The maximum Gasteiger partial charge on any atom is 0.255 e. The van der Waals surface area contributed by atoms with Crippen molar-refractivity contribution in [1.82, 2.24) is 9.88 Å². The summed E-state index contributed by atoms with van der Waals surface area (Å²) in [6, 6.07) is 21.3. The van der Waals surface area contributed by atoms with Crippen LogP contribution in [-0.4, -0.2) is 42.0 Å². The average molecular weight is 528 g/mol. The number of benzene rings is 3. The molecule has 3 N–H and O–H groups in total. The van der Waals surface area contributed by atoms with E-state index in [4.69, 9.17) is 5.73 Å². The van der Waals surface area contributed by atoms with Crippen LogP contribution in [0.4, 0.5) is 26.0 Å². The summed E-state index contributed by atoms with van der Waals surface area (Å²) in [4.78, 5) is 21.9. The molecule has 0 unspecified atom stereocenters. The largest absolute Gasteiger partial charge is 0.399 e. The highest BCUT2D eigenvalue weighted by Gasteiger charge is 2.18. The van der Waals surface area contributed by atoms with Gasteiger partial charge in [-0.15, -0.1) is 0 Å². The zero-order chi connectivity index (χ0) is 27.4. The molecule has 0 radical (unpaired) electrons. The third kappa shape index (κ3) is 6.23. The summed E-state index contributed by atoms with van der Waals surface area (Å²) in [5.74, 6) is -0.987. The first-order valence-corrected chi connectivity index (χ1v) is 13.0. The van der Waals surface area contributed by atoms with Gasteiger partial charge in [-0.05, 0) is 72.5 Å². The van der Waals surface area contributed by atoms with E-state index in [9.17, 15) is 13.6 Å². The van der Waals surface area contributed by atoms with Crippen molar-refractivity contribution < 1.29 is 13.6 Å². The van der Waals surface area contributed by atoms with Crippen molar-refractivity contribution in [2.75, 3.05) is 42.1 Å². The van der Waals surface area contributed by atoms with E-state index in [1.54, 1.807) is 18.3 Å². The molecule has 1 fully saturated rings. The number of nitrogens with two attached hydrogens (primary N) is 1. The van der Waals surface area contributed by atoms with Crippen LogP contribution in [0.25, 0.3) is 11.1 Å². The normalized spacial score (nSPS) is 14.2. The number of carbonyl (C=O) groups is 1. The SMILES string of the molecule is Cc1ccc(C(=O)Nc2ccc(N3CCCN(Cc4cccc(F)c4F)CC3)nc2)cc1-c1ccc(N)cc1. The van der Waals surface area contributed by atoms with E-state index >= 15 is 0 Å². The van der Waals surface area contributed by atoms with Gasteiger partial charge in [0.15, 0.2) is 11.6 Å². The van der Waals surface area contributed by atoms with Crippen LogP contribution in [0.3, 0.4) is 0 Å². The second kappa shape index (κ2) is 11.6. The molecule has 1 amide bonds. The lowest BCUT2D eigenvalue weighted by atomic mass is 9.97. The van der Waals surface area contributed by atoms with Crippen LogP contribution in [0.2, 0.25) is 0 Å². The summed E-state index contributed by atoms with van der Waals surface area (Å²) in [7, 11) is 0. The zero-order valence-electron chi connectivity index (χ0n) is 21.8. The maximum atomic E-state index is 14.1. The fraction of sp³-hybridized carbons (Fsp3) is 0.226. The Morgan fingerprint density at radius 3 is 2.56 bits per heavy atom. The number of pyridine rings is 1. The molecule has 1 aromatic heterocycles. The number of nitrogens with zero attached hydrogens (tertiary/aromatic N) is 3. The standard InChI is InChI=1S/C31H31F2N5O/c1-21-6-7-23(18-27(21)22-8-10-25(34)11-9-22)31(39)36-26-12-13-29(35-19-26)38-15-3-14-37(16-17-38)20-24-4-2-5-28(32)30(24)33/h2,4-13,18-19H,3,14-17,20,34H2,1H3,(H,36,39). The topological polar surface area (TPSA) is 74.5 Å². The third-order valence-electron chi connectivity index (χ3n) is 7.07. The first kappa shape index (κ1) is 26.3. The van der Waals surface area contributed by atoms with E-state index in [-0.39, 0.29) is 5.91 Å². The minimum absolute atomic E-state index is 0.212. The molecule has 0 atom stereocenters. The molecular weight excluding hydrogens is 496 g/mol. The Morgan fingerprint density at radius 2 is 1.79 bits per heavy atom. The molecule has 8 heteroatoms. The molecule has 200 valence electrons. The quantitative estimate of drug-likeness (QED) is 0.306. The van der Waals surface area contributed by atoms with Gasteiger partial charge in [-0.3, -0.25) is 9.69 Å². The number of aromatic nitrogens is 1. The molecule has 1 aliphatic rings. The lowest BCUT2D eigenvalue weighted by molar-refractivity contribution is 0.102. The number of rotatable bonds is 6. The highest BCUT2D eigenvalue weighted by atomic mass is 19.2. The van der Waals surface area contributed by atoms with Crippen molar-refractivity contribution in [3.8, 4) is 11.1 Å². The molecule has 4 aromatic rings. The second-order valence-corrected chi connectivity index (χ2v) is 9.84. The number of halogens is 2. The lowest BCUT2D eigenvalue weighted by Gasteiger charge is -2.23. The van der Waals surface area contributed by atoms with Crippen molar-refractivity contribution in [2.45, 2.75) is 19.9 Å². The fourth-order valence-corrected chi connectivity index (χ4v) is 4.86. The predicted molar refractivity (Wildman–Crippen MR) is 152 cm³/mol. The smallest absolute Gasteiger partial charge is 0.255 e. The maximum absolute atomic E-state index is 14.1. The summed E-state index contributed by atoms with van der Waals surface area (Å²) in [6.45, 7) is 5.40. The number of amides is 1. The number of aryl methyl sites for hydroxylation is 1. The molecule has 0 bridgehead atoms. The molecule has 3 aromatic carbocycles. The number of hydrogen-bond donors (Lipinski definition) is 2. The Bertz CT molecular complexity index is 1460. The van der Waals surface area contributed by atoms with Gasteiger partial charge in [0.25, 0.3) is 5.91 Å². The Morgan fingerprint density at radius 1 is 0.974 bits per heavy atom. The van der Waals surface area contributed by atoms with Gasteiger partial charge in [0.2, 0.25) is 0 Å². The van der Waals surface area contributed by atoms with Crippen molar-refractivity contribution in [3.05, 3.63) is 107 Å². The van der Waals surface area contributed by atoms with Gasteiger partial charge in [-0.2, -0.15) is 0 Å². The average Bonchev–Trinajstić information content (AvgIpc) is 3.18. The minimum Gasteiger partial charge on any atom is -0.399 e. The summed E-state index contributed by atoms with van der Waals surface area (Å²) >= 11 is 0. The molecule has 5 rings (SSSR count). The van der Waals surface area contributed by atoms with Gasteiger partial charge in [-0.25, -0.2) is 13.8 Å². The fourth-order valence-electron chi connectivity index (χ4n) is 4.86. The van der Waals surface area contributed by atoms with Crippen LogP contribution in [-0.2, 0) is 6.54 Å². The molecular formula is C31H31F2N5O. The zero-order valence-corrected chi connectivity index (χ0v) is 21.8. The van der Waals surface area contributed by atoms with Crippen LogP contribution in [0.15, 0.2) is 79.0 Å². The third-order valence-corrected chi connectivity index (χ3v) is 7.07. The number of carbonyl (C=O) groups excluding carboxylic acids is 1. The number of nitrogens with one attached hydrogen (secondary N) is 1. The highest BCUT2D eigenvalue weighted by molar-refractivity contribution is 6.05. The van der Waals surface area contributed by atoms with Gasteiger partial charge in [-0.1, -0.05) is 30.3 Å². The molecule has 0 saturated carbocycles. The second-order valence-electron chi connectivity index (χ2n) is 9.84. The molecule has 1 aliphatic heterocycles. The van der Waals surface area contributed by atoms with E-state index in [1.165, 1.54) is 0 Å². The summed E-state index contributed by atoms with van der Waals surface area (Å²) < 4.78 is 27.7. The molecule has 2 heterocycles. The van der Waals surface area contributed by atoms with Gasteiger partial charge >= 0.3 is 0 Å². The van der Waals surface area contributed by atoms with E-state index in [0.717, 1.165) is 48.1 Å². The van der Waals surface area contributed by atoms with Crippen molar-refractivity contribution in [2.24, 2.45) is 0 Å². The molecule has 6 nitrogen and oxygen atoms in total. The Balaban J connectivity index is 1.21. The van der Waals surface area contributed by atoms with Crippen LogP contribution < -0.4 is 16.0 Å². The summed E-state index contributed by atoms with van der Waals surface area (Å²) in [5.41, 5.74) is 11.1. The van der Waals surface area contributed by atoms with Gasteiger partial charge in [0, 0.05) is 49.5 Å². The molecule has 1 saturated heterocycles. The van der Waals surface area contributed by atoms with Crippen molar-refractivity contribution in [1.29, 1.82) is 0 Å². The van der Waals surface area contributed by atoms with E-state index in [0.29, 0.717) is 42.1 Å². The Kier molecular flexibility index (Phi) is 7.84. The number of hydrogen-bond acceptors (Lipinski definition) is 5. The van der Waals surface area contributed by atoms with E-state index < -0.39 is 11.6 Å². The Labute approximate surface area is 227 Å².